The molecule has 3 nitrogen and oxygen atoms in total. The van der Waals surface area contributed by atoms with E-state index in [1.165, 1.54) is 18.9 Å². The molecule has 21 heavy (non-hydrogen) atoms. The number of benzene rings is 1. The lowest BCUT2D eigenvalue weighted by Gasteiger charge is -2.20. The third kappa shape index (κ3) is 5.32. The summed E-state index contributed by atoms with van der Waals surface area (Å²) in [5, 5.41) is 3.32. The first kappa shape index (κ1) is 18.5. The zero-order chi connectivity index (χ0) is 14.4. The maximum atomic E-state index is 13.4. The molecule has 1 fully saturated rings. The molecule has 0 spiro atoms. The van der Waals surface area contributed by atoms with E-state index in [2.05, 4.69) is 22.1 Å². The van der Waals surface area contributed by atoms with E-state index in [-0.39, 0.29) is 29.8 Å². The van der Waals surface area contributed by atoms with Gasteiger partial charge in [0, 0.05) is 24.5 Å². The number of hydrogen-bond donors (Lipinski definition) is 1. The summed E-state index contributed by atoms with van der Waals surface area (Å²) in [5.74, 6) is 0.750. The molecule has 1 aromatic carbocycles. The van der Waals surface area contributed by atoms with E-state index in [0.29, 0.717) is 6.54 Å². The van der Waals surface area contributed by atoms with Crippen molar-refractivity contribution in [3.63, 3.8) is 0 Å². The Bertz CT molecular complexity index is 476. The molecule has 0 amide bonds. The highest BCUT2D eigenvalue weighted by Crippen LogP contribution is 2.22. The number of halogens is 2. The molecule has 1 heterocycles. The maximum absolute atomic E-state index is 13.4. The molecule has 1 aromatic rings. The molecular formula is C15H23FIN3S. The Balaban J connectivity index is 0.00000220. The van der Waals surface area contributed by atoms with E-state index < -0.39 is 0 Å². The predicted molar refractivity (Wildman–Crippen MR) is 99.2 cm³/mol. The van der Waals surface area contributed by atoms with Gasteiger partial charge in [-0.05, 0) is 49.8 Å². The summed E-state index contributed by atoms with van der Waals surface area (Å²) < 4.78 is 13.4. The third-order valence-electron chi connectivity index (χ3n) is 3.38. The van der Waals surface area contributed by atoms with Crippen molar-refractivity contribution in [2.45, 2.75) is 31.2 Å². The van der Waals surface area contributed by atoms with Gasteiger partial charge in [0.05, 0.1) is 6.54 Å². The van der Waals surface area contributed by atoms with Gasteiger partial charge < -0.3 is 10.2 Å². The van der Waals surface area contributed by atoms with Crippen molar-refractivity contribution in [1.82, 2.24) is 10.2 Å². The zero-order valence-corrected chi connectivity index (χ0v) is 15.7. The second-order valence-corrected chi connectivity index (χ2v) is 5.67. The van der Waals surface area contributed by atoms with Crippen LogP contribution in [0.1, 0.15) is 25.3 Å². The van der Waals surface area contributed by atoms with Crippen LogP contribution in [0.5, 0.6) is 0 Å². The second-order valence-electron chi connectivity index (χ2n) is 4.82. The molecule has 118 valence electrons. The van der Waals surface area contributed by atoms with Crippen molar-refractivity contribution in [2.24, 2.45) is 4.99 Å². The summed E-state index contributed by atoms with van der Waals surface area (Å²) in [5.41, 5.74) is 0.951. The van der Waals surface area contributed by atoms with E-state index in [1.807, 2.05) is 12.3 Å². The molecule has 6 heteroatoms. The van der Waals surface area contributed by atoms with Crippen LogP contribution in [0, 0.1) is 5.82 Å². The van der Waals surface area contributed by atoms with Crippen LogP contribution in [-0.4, -0.2) is 36.7 Å². The highest BCUT2D eigenvalue weighted by molar-refractivity contribution is 14.0. The van der Waals surface area contributed by atoms with Gasteiger partial charge >= 0.3 is 0 Å². The summed E-state index contributed by atoms with van der Waals surface area (Å²) in [4.78, 5) is 8.04. The molecule has 0 atom stereocenters. The Morgan fingerprint density at radius 1 is 1.38 bits per heavy atom. The molecule has 0 aromatic heterocycles. The van der Waals surface area contributed by atoms with E-state index in [0.717, 1.165) is 36.1 Å². The van der Waals surface area contributed by atoms with Crippen LogP contribution in [0.2, 0.25) is 0 Å². The third-order valence-corrected chi connectivity index (χ3v) is 4.22. The molecule has 1 aliphatic heterocycles. The van der Waals surface area contributed by atoms with E-state index >= 15 is 0 Å². The average Bonchev–Trinajstić information content (AvgIpc) is 2.97. The van der Waals surface area contributed by atoms with Gasteiger partial charge in [0.1, 0.15) is 5.82 Å². The van der Waals surface area contributed by atoms with Gasteiger partial charge in [-0.2, -0.15) is 0 Å². The van der Waals surface area contributed by atoms with Crippen molar-refractivity contribution in [3.05, 3.63) is 29.6 Å². The maximum Gasteiger partial charge on any atom is 0.194 e. The van der Waals surface area contributed by atoms with Crippen LogP contribution in [0.25, 0.3) is 0 Å². The number of guanidine groups is 1. The van der Waals surface area contributed by atoms with Crippen molar-refractivity contribution in [1.29, 1.82) is 0 Å². The Hall–Kier alpha value is -0.500. The lowest BCUT2D eigenvalue weighted by atomic mass is 10.2. The van der Waals surface area contributed by atoms with Gasteiger partial charge in [0.2, 0.25) is 0 Å². The van der Waals surface area contributed by atoms with E-state index in [9.17, 15) is 4.39 Å². The minimum atomic E-state index is -0.195. The fourth-order valence-electron chi connectivity index (χ4n) is 2.39. The number of thioether (sulfide) groups is 1. The molecule has 1 N–H and O–H groups in total. The molecule has 2 rings (SSSR count). The van der Waals surface area contributed by atoms with E-state index in [4.69, 9.17) is 0 Å². The molecule has 0 radical (unpaired) electrons. The number of nitrogens with zero attached hydrogens (tertiary/aromatic N) is 2. The van der Waals surface area contributed by atoms with Crippen molar-refractivity contribution in [3.8, 4) is 0 Å². The first-order valence-corrected chi connectivity index (χ1v) is 8.32. The molecule has 1 aliphatic rings. The Kier molecular flexibility index (Phi) is 8.39. The lowest BCUT2D eigenvalue weighted by molar-refractivity contribution is 0.493. The fourth-order valence-corrected chi connectivity index (χ4v) is 2.98. The van der Waals surface area contributed by atoms with Crippen molar-refractivity contribution >= 4 is 41.7 Å². The minimum absolute atomic E-state index is 0. The van der Waals surface area contributed by atoms with Crippen molar-refractivity contribution in [2.75, 3.05) is 25.9 Å². The average molecular weight is 423 g/mol. The largest absolute Gasteiger partial charge is 0.357 e. The summed E-state index contributed by atoms with van der Waals surface area (Å²) in [6.07, 6.45) is 4.45. The zero-order valence-electron chi connectivity index (χ0n) is 12.6. The highest BCUT2D eigenvalue weighted by Gasteiger charge is 2.15. The number of likely N-dealkylation sites (tertiary alicyclic amines) is 1. The normalized spacial score (nSPS) is 15.0. The molecule has 0 saturated carbocycles. The number of hydrogen-bond acceptors (Lipinski definition) is 2. The highest BCUT2D eigenvalue weighted by atomic mass is 127. The van der Waals surface area contributed by atoms with Gasteiger partial charge in [-0.25, -0.2) is 9.38 Å². The summed E-state index contributed by atoms with van der Waals surface area (Å²) in [7, 11) is 0. The van der Waals surface area contributed by atoms with Crippen LogP contribution in [0.15, 0.2) is 28.1 Å². The van der Waals surface area contributed by atoms with E-state index in [1.54, 1.807) is 17.8 Å². The standard InChI is InChI=1S/C15H22FN3S.HI/c1-3-17-15(19-8-4-5-9-19)18-11-12-10-13(16)6-7-14(12)20-2;/h6-7,10H,3-5,8-9,11H2,1-2H3,(H,17,18);1H. The number of nitrogens with one attached hydrogen (secondary N) is 1. The minimum Gasteiger partial charge on any atom is -0.357 e. The molecule has 0 aliphatic carbocycles. The van der Waals surface area contributed by atoms with Crippen molar-refractivity contribution < 1.29 is 4.39 Å². The quantitative estimate of drug-likeness (QED) is 0.346. The molecule has 1 saturated heterocycles. The molecular weight excluding hydrogens is 400 g/mol. The summed E-state index contributed by atoms with van der Waals surface area (Å²) in [6.45, 7) is 5.57. The summed E-state index contributed by atoms with van der Waals surface area (Å²) in [6, 6.07) is 4.92. The Labute approximate surface area is 147 Å². The van der Waals surface area contributed by atoms with Crippen LogP contribution in [0.4, 0.5) is 4.39 Å². The van der Waals surface area contributed by atoms with Crippen LogP contribution in [-0.2, 0) is 6.54 Å². The Morgan fingerprint density at radius 2 is 2.10 bits per heavy atom. The second kappa shape index (κ2) is 9.50. The van der Waals surface area contributed by atoms with Gasteiger partial charge in [-0.15, -0.1) is 35.7 Å². The SMILES string of the molecule is CCNC(=NCc1cc(F)ccc1SC)N1CCCC1.I. The number of aliphatic imine (C=N–C) groups is 1. The topological polar surface area (TPSA) is 27.6 Å². The van der Waals surface area contributed by atoms with Gasteiger partial charge in [0.25, 0.3) is 0 Å². The van der Waals surface area contributed by atoms with Gasteiger partial charge in [-0.1, -0.05) is 0 Å². The summed E-state index contributed by atoms with van der Waals surface area (Å²) >= 11 is 1.63. The lowest BCUT2D eigenvalue weighted by Crippen LogP contribution is -2.39. The molecule has 0 unspecified atom stereocenters. The molecule has 0 bridgehead atoms. The van der Waals surface area contributed by atoms with Crippen LogP contribution in [0.3, 0.4) is 0 Å². The smallest absolute Gasteiger partial charge is 0.194 e. The Morgan fingerprint density at radius 3 is 2.71 bits per heavy atom. The predicted octanol–water partition coefficient (Wildman–Crippen LogP) is 3.73. The van der Waals surface area contributed by atoms with Gasteiger partial charge in [-0.3, -0.25) is 0 Å². The fraction of sp³-hybridized carbons (Fsp3) is 0.533. The van der Waals surface area contributed by atoms with Crippen LogP contribution < -0.4 is 5.32 Å². The first-order chi connectivity index (χ1) is 9.74. The van der Waals surface area contributed by atoms with Gasteiger partial charge in [0.15, 0.2) is 5.96 Å². The first-order valence-electron chi connectivity index (χ1n) is 7.10. The van der Waals surface area contributed by atoms with Crippen LogP contribution >= 0.6 is 35.7 Å². The monoisotopic (exact) mass is 423 g/mol. The number of rotatable bonds is 4.